The van der Waals surface area contributed by atoms with Crippen molar-refractivity contribution in [2.24, 2.45) is 11.8 Å². The number of aromatic nitrogens is 1. The van der Waals surface area contributed by atoms with Crippen LogP contribution in [0, 0.1) is 5.92 Å². The Balaban J connectivity index is 1.87. The number of hydrogen-bond acceptors (Lipinski definition) is 3. The van der Waals surface area contributed by atoms with E-state index in [0.29, 0.717) is 6.04 Å². The maximum Gasteiger partial charge on any atom is 0.0300 e. The van der Waals surface area contributed by atoms with E-state index in [9.17, 15) is 0 Å². The third-order valence-electron chi connectivity index (χ3n) is 2.76. The van der Waals surface area contributed by atoms with Crippen molar-refractivity contribution >= 4 is 0 Å². The molecule has 1 atom stereocenters. The summed E-state index contributed by atoms with van der Waals surface area (Å²) in [7, 11) is 0. The van der Waals surface area contributed by atoms with E-state index in [0.717, 1.165) is 12.3 Å². The van der Waals surface area contributed by atoms with Crippen molar-refractivity contribution in [2.45, 2.75) is 31.7 Å². The number of nitrogens with two attached hydrogens (primary N) is 1. The molecule has 1 heterocycles. The molecule has 1 aromatic heterocycles. The summed E-state index contributed by atoms with van der Waals surface area (Å²) in [5.41, 5.74) is 4.15. The Kier molecular flexibility index (Phi) is 3.11. The second-order valence-electron chi connectivity index (χ2n) is 4.11. The minimum Gasteiger partial charge on any atom is -0.271 e. The number of pyridine rings is 1. The molecule has 76 valence electrons. The van der Waals surface area contributed by atoms with Crippen molar-refractivity contribution in [2.75, 3.05) is 0 Å². The molecule has 0 radical (unpaired) electrons. The Labute approximate surface area is 84.7 Å². The van der Waals surface area contributed by atoms with Gasteiger partial charge in [0.05, 0.1) is 0 Å². The highest BCUT2D eigenvalue weighted by Gasteiger charge is 2.24. The molecule has 0 saturated heterocycles. The van der Waals surface area contributed by atoms with Crippen molar-refractivity contribution in [3.8, 4) is 0 Å². The highest BCUT2D eigenvalue weighted by atomic mass is 15.2. The molecule has 14 heavy (non-hydrogen) atoms. The zero-order chi connectivity index (χ0) is 9.80. The van der Waals surface area contributed by atoms with Gasteiger partial charge in [-0.15, -0.1) is 0 Å². The lowest BCUT2D eigenvalue weighted by molar-refractivity contribution is 0.465. The Morgan fingerprint density at radius 3 is 3.00 bits per heavy atom. The minimum atomic E-state index is 0.409. The summed E-state index contributed by atoms with van der Waals surface area (Å²) >= 11 is 0. The van der Waals surface area contributed by atoms with Crippen LogP contribution < -0.4 is 11.3 Å². The lowest BCUT2D eigenvalue weighted by Crippen LogP contribution is -2.37. The first-order chi connectivity index (χ1) is 6.88. The van der Waals surface area contributed by atoms with Gasteiger partial charge in [0.2, 0.25) is 0 Å². The normalized spacial score (nSPS) is 18.1. The maximum atomic E-state index is 5.53. The molecule has 0 bridgehead atoms. The number of rotatable bonds is 5. The molecule has 1 aliphatic carbocycles. The van der Waals surface area contributed by atoms with E-state index in [1.807, 2.05) is 12.3 Å². The van der Waals surface area contributed by atoms with Crippen LogP contribution in [0.3, 0.4) is 0 Å². The first-order valence-electron chi connectivity index (χ1n) is 5.23. The molecule has 0 aliphatic heterocycles. The van der Waals surface area contributed by atoms with E-state index < -0.39 is 0 Å². The van der Waals surface area contributed by atoms with Gasteiger partial charge in [-0.3, -0.25) is 16.3 Å². The lowest BCUT2D eigenvalue weighted by atomic mass is 10.0. The van der Waals surface area contributed by atoms with E-state index >= 15 is 0 Å². The molecular weight excluding hydrogens is 174 g/mol. The number of nitrogens with one attached hydrogen (secondary N) is 1. The van der Waals surface area contributed by atoms with Crippen LogP contribution in [0.2, 0.25) is 0 Å². The molecule has 0 spiro atoms. The monoisotopic (exact) mass is 191 g/mol. The quantitative estimate of drug-likeness (QED) is 0.544. The highest BCUT2D eigenvalue weighted by Crippen LogP contribution is 2.33. The third-order valence-corrected chi connectivity index (χ3v) is 2.76. The highest BCUT2D eigenvalue weighted by molar-refractivity contribution is 5.10. The van der Waals surface area contributed by atoms with Gasteiger partial charge in [0.25, 0.3) is 0 Å². The van der Waals surface area contributed by atoms with Crippen molar-refractivity contribution < 1.29 is 0 Å². The summed E-state index contributed by atoms with van der Waals surface area (Å²) in [4.78, 5) is 4.10. The van der Waals surface area contributed by atoms with E-state index in [2.05, 4.69) is 16.5 Å². The molecule has 1 saturated carbocycles. The second kappa shape index (κ2) is 4.53. The average molecular weight is 191 g/mol. The summed E-state index contributed by atoms with van der Waals surface area (Å²) in [5, 5.41) is 0. The van der Waals surface area contributed by atoms with Crippen molar-refractivity contribution in [3.05, 3.63) is 30.1 Å². The third kappa shape index (κ3) is 2.79. The van der Waals surface area contributed by atoms with Crippen LogP contribution in [-0.4, -0.2) is 11.0 Å². The summed E-state index contributed by atoms with van der Waals surface area (Å²) in [6.07, 6.45) is 8.66. The molecule has 3 heteroatoms. The van der Waals surface area contributed by atoms with E-state index in [-0.39, 0.29) is 0 Å². The van der Waals surface area contributed by atoms with E-state index in [4.69, 9.17) is 5.84 Å². The Morgan fingerprint density at radius 2 is 2.43 bits per heavy atom. The van der Waals surface area contributed by atoms with Crippen LogP contribution in [0.25, 0.3) is 0 Å². The Hall–Kier alpha value is -0.930. The maximum absolute atomic E-state index is 5.53. The minimum absolute atomic E-state index is 0.409. The fourth-order valence-corrected chi connectivity index (χ4v) is 1.77. The van der Waals surface area contributed by atoms with Crippen LogP contribution >= 0.6 is 0 Å². The van der Waals surface area contributed by atoms with Gasteiger partial charge in [0.1, 0.15) is 0 Å². The number of hydrazine groups is 1. The van der Waals surface area contributed by atoms with Gasteiger partial charge in [-0.1, -0.05) is 18.9 Å². The van der Waals surface area contributed by atoms with Gasteiger partial charge in [-0.2, -0.15) is 0 Å². The topological polar surface area (TPSA) is 50.9 Å². The van der Waals surface area contributed by atoms with Crippen LogP contribution in [-0.2, 0) is 6.42 Å². The molecule has 1 aromatic rings. The summed E-state index contributed by atoms with van der Waals surface area (Å²) in [6, 6.07) is 4.48. The molecule has 0 amide bonds. The predicted molar refractivity (Wildman–Crippen MR) is 56.4 cm³/mol. The summed E-state index contributed by atoms with van der Waals surface area (Å²) in [6.45, 7) is 0. The predicted octanol–water partition coefficient (Wildman–Crippen LogP) is 1.26. The van der Waals surface area contributed by atoms with E-state index in [1.54, 1.807) is 6.20 Å². The fraction of sp³-hybridized carbons (Fsp3) is 0.545. The number of hydrogen-bond donors (Lipinski definition) is 2. The second-order valence-corrected chi connectivity index (χ2v) is 4.11. The summed E-state index contributed by atoms with van der Waals surface area (Å²) in [5.74, 6) is 6.44. The Bertz CT molecular complexity index is 269. The molecule has 1 aliphatic rings. The van der Waals surface area contributed by atoms with Gasteiger partial charge in [0, 0.05) is 18.4 Å². The Morgan fingerprint density at radius 1 is 1.57 bits per heavy atom. The largest absolute Gasteiger partial charge is 0.271 e. The number of nitrogens with zero attached hydrogens (tertiary/aromatic N) is 1. The first-order valence-corrected chi connectivity index (χ1v) is 5.23. The molecule has 3 nitrogen and oxygen atoms in total. The van der Waals surface area contributed by atoms with Crippen LogP contribution in [0.15, 0.2) is 24.5 Å². The van der Waals surface area contributed by atoms with Gasteiger partial charge in [-0.05, 0) is 30.4 Å². The molecule has 2 rings (SSSR count). The molecule has 3 N–H and O–H groups in total. The molecule has 1 fully saturated rings. The smallest absolute Gasteiger partial charge is 0.0300 e. The van der Waals surface area contributed by atoms with Crippen molar-refractivity contribution in [3.63, 3.8) is 0 Å². The van der Waals surface area contributed by atoms with E-state index in [1.165, 1.54) is 24.8 Å². The zero-order valence-electron chi connectivity index (χ0n) is 8.32. The van der Waals surface area contributed by atoms with Gasteiger partial charge in [0.15, 0.2) is 0 Å². The van der Waals surface area contributed by atoms with Gasteiger partial charge < -0.3 is 0 Å². The van der Waals surface area contributed by atoms with Crippen LogP contribution in [0.1, 0.15) is 24.8 Å². The van der Waals surface area contributed by atoms with Crippen molar-refractivity contribution in [1.29, 1.82) is 0 Å². The fourth-order valence-electron chi connectivity index (χ4n) is 1.77. The average Bonchev–Trinajstić information content (AvgIpc) is 3.02. The molecular formula is C11H17N3. The van der Waals surface area contributed by atoms with Crippen molar-refractivity contribution in [1.82, 2.24) is 10.4 Å². The molecule has 0 aromatic carbocycles. The standard InChI is InChI=1S/C11H17N3/c12-14-11(6-9-3-4-9)7-10-2-1-5-13-8-10/h1-2,5,8-9,11,14H,3-4,6-7,12H2. The van der Waals surface area contributed by atoms with Crippen LogP contribution in [0.4, 0.5) is 0 Å². The summed E-state index contributed by atoms with van der Waals surface area (Å²) < 4.78 is 0. The molecule has 1 unspecified atom stereocenters. The lowest BCUT2D eigenvalue weighted by Gasteiger charge is -2.14. The van der Waals surface area contributed by atoms with Crippen LogP contribution in [0.5, 0.6) is 0 Å². The zero-order valence-corrected chi connectivity index (χ0v) is 8.32. The van der Waals surface area contributed by atoms with Gasteiger partial charge >= 0.3 is 0 Å². The van der Waals surface area contributed by atoms with Gasteiger partial charge in [-0.25, -0.2) is 0 Å². The SMILES string of the molecule is NNC(Cc1cccnc1)CC1CC1. The first kappa shape index (κ1) is 9.62.